The highest BCUT2D eigenvalue weighted by Crippen LogP contribution is 2.24. The fourth-order valence-corrected chi connectivity index (χ4v) is 2.80. The van der Waals surface area contributed by atoms with E-state index in [1.54, 1.807) is 4.90 Å². The Kier molecular flexibility index (Phi) is 3.18. The second-order valence-electron chi connectivity index (χ2n) is 5.12. The van der Waals surface area contributed by atoms with Crippen LogP contribution in [0, 0.1) is 5.92 Å². The lowest BCUT2D eigenvalue weighted by molar-refractivity contribution is -0.139. The summed E-state index contributed by atoms with van der Waals surface area (Å²) in [4.78, 5) is 26.7. The molecule has 3 rings (SSSR count). The summed E-state index contributed by atoms with van der Waals surface area (Å²) in [6.45, 7) is 2.55. The largest absolute Gasteiger partial charge is 0.342 e. The van der Waals surface area contributed by atoms with Crippen LogP contribution in [0.25, 0.3) is 0 Å². The zero-order chi connectivity index (χ0) is 13.2. The van der Waals surface area contributed by atoms with Crippen molar-refractivity contribution in [2.45, 2.75) is 19.3 Å². The number of fused-ring (bicyclic) bond motifs is 1. The number of aromatic amines is 1. The number of nitrogens with zero attached hydrogens (tertiary/aromatic N) is 4. The zero-order valence-electron chi connectivity index (χ0n) is 10.7. The molecule has 2 aliphatic rings. The van der Waals surface area contributed by atoms with E-state index >= 15 is 0 Å². The molecule has 1 atom stereocenters. The molecule has 1 aromatic rings. The Hall–Kier alpha value is -1.92. The predicted molar refractivity (Wildman–Crippen MR) is 66.1 cm³/mol. The van der Waals surface area contributed by atoms with E-state index in [-0.39, 0.29) is 11.8 Å². The molecule has 1 aliphatic heterocycles. The first kappa shape index (κ1) is 12.1. The molecule has 0 spiro atoms. The van der Waals surface area contributed by atoms with Gasteiger partial charge in [0.1, 0.15) is 0 Å². The van der Waals surface area contributed by atoms with Crippen molar-refractivity contribution >= 4 is 12.3 Å². The van der Waals surface area contributed by atoms with Gasteiger partial charge in [0, 0.05) is 38.5 Å². The van der Waals surface area contributed by atoms with Gasteiger partial charge < -0.3 is 9.80 Å². The number of hydrogen-bond donors (Lipinski definition) is 1. The Morgan fingerprint density at radius 3 is 2.68 bits per heavy atom. The molecule has 1 aliphatic carbocycles. The minimum Gasteiger partial charge on any atom is -0.342 e. The van der Waals surface area contributed by atoms with Gasteiger partial charge in [0.25, 0.3) is 0 Å². The van der Waals surface area contributed by atoms with Crippen molar-refractivity contribution < 1.29 is 9.59 Å². The van der Waals surface area contributed by atoms with Gasteiger partial charge >= 0.3 is 0 Å². The van der Waals surface area contributed by atoms with E-state index in [9.17, 15) is 9.59 Å². The van der Waals surface area contributed by atoms with Gasteiger partial charge in [-0.05, 0) is 12.8 Å². The first-order valence-corrected chi connectivity index (χ1v) is 6.64. The predicted octanol–water partition coefficient (Wildman–Crippen LogP) is -0.790. The molecular formula is C12H17N5O2. The average Bonchev–Trinajstić information content (AvgIpc) is 2.94. The maximum atomic E-state index is 12.4. The third kappa shape index (κ3) is 2.32. The Balaban J connectivity index is 1.61. The van der Waals surface area contributed by atoms with Gasteiger partial charge in [-0.15, -0.1) is 0 Å². The molecule has 19 heavy (non-hydrogen) atoms. The van der Waals surface area contributed by atoms with E-state index in [1.807, 2.05) is 4.90 Å². The van der Waals surface area contributed by atoms with E-state index in [4.69, 9.17) is 0 Å². The molecule has 1 aromatic heterocycles. The van der Waals surface area contributed by atoms with Gasteiger partial charge in [-0.2, -0.15) is 15.4 Å². The average molecular weight is 263 g/mol. The van der Waals surface area contributed by atoms with Gasteiger partial charge in [0.2, 0.25) is 12.3 Å². The van der Waals surface area contributed by atoms with E-state index in [1.165, 1.54) is 0 Å². The number of carbonyl (C=O) groups is 2. The number of piperazine rings is 1. The molecule has 2 amide bonds. The number of H-pyrrole nitrogens is 1. The lowest BCUT2D eigenvalue weighted by Gasteiger charge is -2.35. The molecule has 1 fully saturated rings. The van der Waals surface area contributed by atoms with Crippen LogP contribution in [0.2, 0.25) is 0 Å². The molecule has 0 aromatic carbocycles. The molecule has 102 valence electrons. The SMILES string of the molecule is O=CN1CCN(C(=O)C2CCc3n[nH]nc3C2)CC1. The maximum absolute atomic E-state index is 12.4. The summed E-state index contributed by atoms with van der Waals surface area (Å²) in [5, 5.41) is 10.8. The molecule has 2 heterocycles. The fourth-order valence-electron chi connectivity index (χ4n) is 2.80. The third-order valence-electron chi connectivity index (χ3n) is 4.00. The van der Waals surface area contributed by atoms with E-state index in [0.29, 0.717) is 32.6 Å². The molecule has 0 bridgehead atoms. The molecular weight excluding hydrogens is 246 g/mol. The summed E-state index contributed by atoms with van der Waals surface area (Å²) in [5.41, 5.74) is 1.92. The van der Waals surface area contributed by atoms with Gasteiger partial charge in [0.15, 0.2) is 0 Å². The zero-order valence-corrected chi connectivity index (χ0v) is 10.7. The van der Waals surface area contributed by atoms with Crippen molar-refractivity contribution in [1.82, 2.24) is 25.2 Å². The minimum absolute atomic E-state index is 0.0142. The van der Waals surface area contributed by atoms with Crippen LogP contribution < -0.4 is 0 Å². The Morgan fingerprint density at radius 1 is 1.21 bits per heavy atom. The number of aromatic nitrogens is 3. The van der Waals surface area contributed by atoms with Crippen LogP contribution >= 0.6 is 0 Å². The summed E-state index contributed by atoms with van der Waals surface area (Å²) < 4.78 is 0. The topological polar surface area (TPSA) is 82.2 Å². The van der Waals surface area contributed by atoms with Crippen LogP contribution in [0.4, 0.5) is 0 Å². The Bertz CT molecular complexity index is 478. The molecule has 0 radical (unpaired) electrons. The summed E-state index contributed by atoms with van der Waals surface area (Å²) in [7, 11) is 0. The van der Waals surface area contributed by atoms with Crippen molar-refractivity contribution in [2.75, 3.05) is 26.2 Å². The number of nitrogens with one attached hydrogen (secondary N) is 1. The second-order valence-corrected chi connectivity index (χ2v) is 5.12. The Morgan fingerprint density at radius 2 is 1.95 bits per heavy atom. The smallest absolute Gasteiger partial charge is 0.226 e. The van der Waals surface area contributed by atoms with Crippen molar-refractivity contribution in [2.24, 2.45) is 5.92 Å². The summed E-state index contributed by atoms with van der Waals surface area (Å²) in [6.07, 6.45) is 3.19. The monoisotopic (exact) mass is 263 g/mol. The Labute approximate surface area is 110 Å². The van der Waals surface area contributed by atoms with E-state index in [2.05, 4.69) is 15.4 Å². The van der Waals surface area contributed by atoms with Gasteiger partial charge in [-0.25, -0.2) is 0 Å². The molecule has 7 nitrogen and oxygen atoms in total. The molecule has 0 saturated carbocycles. The summed E-state index contributed by atoms with van der Waals surface area (Å²) in [6, 6.07) is 0. The van der Waals surface area contributed by atoms with Crippen LogP contribution in [0.5, 0.6) is 0 Å². The number of amides is 2. The number of aryl methyl sites for hydroxylation is 1. The number of rotatable bonds is 2. The highest BCUT2D eigenvalue weighted by atomic mass is 16.2. The van der Waals surface area contributed by atoms with Crippen LogP contribution in [-0.2, 0) is 22.4 Å². The van der Waals surface area contributed by atoms with Gasteiger partial charge in [-0.3, -0.25) is 9.59 Å². The molecule has 1 N–H and O–H groups in total. The number of hydrogen-bond acceptors (Lipinski definition) is 4. The van der Waals surface area contributed by atoms with Crippen LogP contribution in [0.3, 0.4) is 0 Å². The lowest BCUT2D eigenvalue weighted by Crippen LogP contribution is -2.50. The maximum Gasteiger partial charge on any atom is 0.226 e. The first-order chi connectivity index (χ1) is 9.28. The number of carbonyl (C=O) groups excluding carboxylic acids is 2. The van der Waals surface area contributed by atoms with Gasteiger partial charge in [-0.1, -0.05) is 0 Å². The van der Waals surface area contributed by atoms with Crippen molar-refractivity contribution in [3.05, 3.63) is 11.4 Å². The second kappa shape index (κ2) is 4.99. The normalized spacial score (nSPS) is 23.1. The highest BCUT2D eigenvalue weighted by molar-refractivity contribution is 5.79. The first-order valence-electron chi connectivity index (χ1n) is 6.64. The molecule has 7 heteroatoms. The minimum atomic E-state index is 0.0142. The highest BCUT2D eigenvalue weighted by Gasteiger charge is 2.31. The fraction of sp³-hybridized carbons (Fsp3) is 0.667. The van der Waals surface area contributed by atoms with Crippen LogP contribution in [0.1, 0.15) is 17.8 Å². The quantitative estimate of drug-likeness (QED) is 0.709. The van der Waals surface area contributed by atoms with Crippen molar-refractivity contribution in [1.29, 1.82) is 0 Å². The summed E-state index contributed by atoms with van der Waals surface area (Å²) in [5.74, 6) is 0.208. The van der Waals surface area contributed by atoms with E-state index in [0.717, 1.165) is 30.6 Å². The van der Waals surface area contributed by atoms with Crippen LogP contribution in [0.15, 0.2) is 0 Å². The molecule has 1 saturated heterocycles. The van der Waals surface area contributed by atoms with Crippen molar-refractivity contribution in [3.8, 4) is 0 Å². The standard InChI is InChI=1S/C12H17N5O2/c18-8-16-3-5-17(6-4-16)12(19)9-1-2-10-11(7-9)14-15-13-10/h8-9H,1-7H2,(H,13,14,15). The third-order valence-corrected chi connectivity index (χ3v) is 4.00. The van der Waals surface area contributed by atoms with Crippen LogP contribution in [-0.4, -0.2) is 63.7 Å². The molecule has 1 unspecified atom stereocenters. The van der Waals surface area contributed by atoms with Gasteiger partial charge in [0.05, 0.1) is 11.4 Å². The van der Waals surface area contributed by atoms with E-state index < -0.39 is 0 Å². The van der Waals surface area contributed by atoms with Crippen molar-refractivity contribution in [3.63, 3.8) is 0 Å². The lowest BCUT2D eigenvalue weighted by atomic mass is 9.88. The summed E-state index contributed by atoms with van der Waals surface area (Å²) >= 11 is 0.